The summed E-state index contributed by atoms with van der Waals surface area (Å²) >= 11 is 0. The van der Waals surface area contributed by atoms with Gasteiger partial charge in [0.15, 0.2) is 0 Å². The number of rotatable bonds is 7. The quantitative estimate of drug-likeness (QED) is 0.156. The Bertz CT molecular complexity index is 3210. The van der Waals surface area contributed by atoms with E-state index in [1.165, 1.54) is 77.6 Å². The van der Waals surface area contributed by atoms with Crippen LogP contribution in [0.5, 0.6) is 0 Å². The molecule has 0 saturated carbocycles. The number of aromatic nitrogens is 1. The van der Waals surface area contributed by atoms with Crippen molar-refractivity contribution >= 4 is 33.2 Å². The molecule has 2 heteroatoms. The Hall–Kier alpha value is -7.68. The van der Waals surface area contributed by atoms with Crippen molar-refractivity contribution in [2.75, 3.05) is 4.90 Å². The number of fused-ring (bicyclic) bond motifs is 7. The van der Waals surface area contributed by atoms with Crippen LogP contribution in [0.15, 0.2) is 248 Å². The van der Waals surface area contributed by atoms with Crippen LogP contribution in [0.1, 0.15) is 28.7 Å². The summed E-state index contributed by atoms with van der Waals surface area (Å²) in [5.74, 6) is 0.344. The topological polar surface area (TPSA) is 8.17 Å². The summed E-state index contributed by atoms with van der Waals surface area (Å²) in [5.41, 5.74) is 18.2. The third kappa shape index (κ3) is 5.56. The number of hydrogen-bond acceptors (Lipinski definition) is 1. The van der Waals surface area contributed by atoms with E-state index in [1.807, 2.05) is 0 Å². The predicted molar refractivity (Wildman–Crippen MR) is 255 cm³/mol. The Morgan fingerprint density at radius 3 is 1.85 bits per heavy atom. The SMILES string of the molecule is C1=CC2=CC=C(N(c3ccc(-c4ccccc4)cc3)c3ccc4c5cc(C6(c7ccccc7)c7ccccc7-c7ccccc76)ccc5n(-c5ccccc5)c4c3)CC2C=C1. The summed E-state index contributed by atoms with van der Waals surface area (Å²) in [7, 11) is 0. The van der Waals surface area contributed by atoms with Crippen molar-refractivity contribution in [3.8, 4) is 27.9 Å². The van der Waals surface area contributed by atoms with Gasteiger partial charge in [0.05, 0.1) is 16.4 Å². The molecular formula is C59H42N2. The summed E-state index contributed by atoms with van der Waals surface area (Å²) in [6.07, 6.45) is 14.5. The van der Waals surface area contributed by atoms with Gasteiger partial charge in [-0.3, -0.25) is 0 Å². The van der Waals surface area contributed by atoms with Gasteiger partial charge in [0, 0.05) is 39.4 Å². The number of benzene rings is 8. The monoisotopic (exact) mass is 778 g/mol. The smallest absolute Gasteiger partial charge is 0.0713 e. The highest BCUT2D eigenvalue weighted by Crippen LogP contribution is 2.56. The van der Waals surface area contributed by atoms with E-state index in [0.717, 1.165) is 23.5 Å². The van der Waals surface area contributed by atoms with E-state index < -0.39 is 5.41 Å². The van der Waals surface area contributed by atoms with Crippen LogP contribution in [0.3, 0.4) is 0 Å². The molecule has 1 atom stereocenters. The van der Waals surface area contributed by atoms with Crippen LogP contribution in [-0.4, -0.2) is 4.57 Å². The summed E-state index contributed by atoms with van der Waals surface area (Å²) in [6.45, 7) is 0. The van der Waals surface area contributed by atoms with Crippen molar-refractivity contribution in [1.29, 1.82) is 0 Å². The minimum atomic E-state index is -0.477. The molecule has 1 heterocycles. The number of nitrogens with zero attached hydrogens (tertiary/aromatic N) is 2. The highest BCUT2D eigenvalue weighted by atomic mass is 15.2. The maximum absolute atomic E-state index is 2.49. The molecule has 288 valence electrons. The molecule has 61 heavy (non-hydrogen) atoms. The van der Waals surface area contributed by atoms with Crippen LogP contribution in [-0.2, 0) is 5.41 Å². The summed E-state index contributed by atoms with van der Waals surface area (Å²) in [5, 5.41) is 2.47. The molecule has 3 aliphatic rings. The van der Waals surface area contributed by atoms with E-state index in [-0.39, 0.29) is 0 Å². The van der Waals surface area contributed by atoms with Crippen molar-refractivity contribution < 1.29 is 0 Å². The van der Waals surface area contributed by atoms with Crippen LogP contribution < -0.4 is 4.90 Å². The molecule has 1 aromatic heterocycles. The molecule has 9 aromatic rings. The van der Waals surface area contributed by atoms with Gasteiger partial charge in [0.2, 0.25) is 0 Å². The first-order chi connectivity index (χ1) is 30.3. The average Bonchev–Trinajstić information content (AvgIpc) is 3.83. The fraction of sp³-hybridized carbons (Fsp3) is 0.0508. The van der Waals surface area contributed by atoms with Crippen molar-refractivity contribution in [2.24, 2.45) is 5.92 Å². The predicted octanol–water partition coefficient (Wildman–Crippen LogP) is 14.9. The molecule has 0 saturated heterocycles. The number of anilines is 2. The Balaban J connectivity index is 1.09. The van der Waals surface area contributed by atoms with Crippen LogP contribution in [0, 0.1) is 5.92 Å². The molecule has 8 aromatic carbocycles. The van der Waals surface area contributed by atoms with Crippen LogP contribution >= 0.6 is 0 Å². The zero-order valence-corrected chi connectivity index (χ0v) is 33.7. The summed E-state index contributed by atoms with van der Waals surface area (Å²) in [6, 6.07) is 74.0. The molecule has 1 unspecified atom stereocenters. The van der Waals surface area contributed by atoms with E-state index in [4.69, 9.17) is 0 Å². The Morgan fingerprint density at radius 2 is 1.11 bits per heavy atom. The Kier molecular flexibility index (Phi) is 8.24. The van der Waals surface area contributed by atoms with Gasteiger partial charge in [0.25, 0.3) is 0 Å². The van der Waals surface area contributed by atoms with Gasteiger partial charge in [-0.1, -0.05) is 182 Å². The molecular weight excluding hydrogens is 737 g/mol. The lowest BCUT2D eigenvalue weighted by molar-refractivity contribution is 0.732. The second kappa shape index (κ2) is 14.3. The first-order valence-corrected chi connectivity index (χ1v) is 21.4. The first-order valence-electron chi connectivity index (χ1n) is 21.4. The van der Waals surface area contributed by atoms with Crippen molar-refractivity contribution in [1.82, 2.24) is 4.57 Å². The minimum Gasteiger partial charge on any atom is -0.314 e. The lowest BCUT2D eigenvalue weighted by Crippen LogP contribution is -2.28. The number of para-hydroxylation sites is 1. The second-order valence-corrected chi connectivity index (χ2v) is 16.4. The maximum atomic E-state index is 2.49. The highest BCUT2D eigenvalue weighted by Gasteiger charge is 2.46. The van der Waals surface area contributed by atoms with Gasteiger partial charge in [-0.25, -0.2) is 0 Å². The Labute approximate surface area is 357 Å². The number of hydrogen-bond donors (Lipinski definition) is 0. The molecule has 3 aliphatic carbocycles. The fourth-order valence-electron chi connectivity index (χ4n) is 10.5. The van der Waals surface area contributed by atoms with Crippen LogP contribution in [0.25, 0.3) is 49.7 Å². The molecule has 0 fully saturated rings. The molecule has 0 bridgehead atoms. The zero-order chi connectivity index (χ0) is 40.3. The molecule has 2 nitrogen and oxygen atoms in total. The van der Waals surface area contributed by atoms with E-state index >= 15 is 0 Å². The van der Waals surface area contributed by atoms with Gasteiger partial charge in [-0.2, -0.15) is 0 Å². The van der Waals surface area contributed by atoms with E-state index in [2.05, 4.69) is 246 Å². The standard InChI is InChI=1S/C59H42N2/c1-4-16-41(17-5-1)43-28-32-48(33-29-43)60(49-34-30-42-18-10-11-19-44(42)38-49)50-35-36-53-54-39-46(31-37-57(54)61(58(53)40-50)47-22-8-3-9-23-47)59(45-20-6-2-7-21-45)55-26-14-12-24-51(55)52-25-13-15-27-56(52)59/h1-37,39-40,44H,38H2. The molecule has 0 N–H and O–H groups in total. The van der Waals surface area contributed by atoms with Gasteiger partial charge < -0.3 is 9.47 Å². The molecule has 0 amide bonds. The van der Waals surface area contributed by atoms with Crippen molar-refractivity contribution in [3.05, 3.63) is 270 Å². The minimum absolute atomic E-state index is 0.344. The van der Waals surface area contributed by atoms with Gasteiger partial charge in [-0.15, -0.1) is 0 Å². The van der Waals surface area contributed by atoms with E-state index in [0.29, 0.717) is 5.92 Å². The second-order valence-electron chi connectivity index (χ2n) is 16.4. The largest absolute Gasteiger partial charge is 0.314 e. The lowest BCUT2D eigenvalue weighted by atomic mass is 9.67. The summed E-state index contributed by atoms with van der Waals surface area (Å²) < 4.78 is 2.46. The average molecular weight is 779 g/mol. The third-order valence-corrected chi connectivity index (χ3v) is 13.2. The molecule has 0 aliphatic heterocycles. The highest BCUT2D eigenvalue weighted by molar-refractivity contribution is 6.11. The maximum Gasteiger partial charge on any atom is 0.0713 e. The molecule has 0 radical (unpaired) electrons. The van der Waals surface area contributed by atoms with Gasteiger partial charge in [0.1, 0.15) is 0 Å². The molecule has 0 spiro atoms. The third-order valence-electron chi connectivity index (χ3n) is 13.2. The van der Waals surface area contributed by atoms with Crippen LogP contribution in [0.4, 0.5) is 11.4 Å². The summed E-state index contributed by atoms with van der Waals surface area (Å²) in [4.78, 5) is 2.48. The molecule has 12 rings (SSSR count). The van der Waals surface area contributed by atoms with Crippen molar-refractivity contribution in [2.45, 2.75) is 11.8 Å². The van der Waals surface area contributed by atoms with Gasteiger partial charge in [-0.05, 0) is 111 Å². The Morgan fingerprint density at radius 1 is 0.475 bits per heavy atom. The van der Waals surface area contributed by atoms with Gasteiger partial charge >= 0.3 is 0 Å². The zero-order valence-electron chi connectivity index (χ0n) is 33.7. The first kappa shape index (κ1) is 35.3. The van der Waals surface area contributed by atoms with E-state index in [1.54, 1.807) is 0 Å². The van der Waals surface area contributed by atoms with Crippen LogP contribution in [0.2, 0.25) is 0 Å². The van der Waals surface area contributed by atoms with Crippen molar-refractivity contribution in [3.63, 3.8) is 0 Å². The normalized spacial score (nSPS) is 15.8. The van der Waals surface area contributed by atoms with E-state index in [9.17, 15) is 0 Å². The number of allylic oxidation sites excluding steroid dienone is 8. The fourth-order valence-corrected chi connectivity index (χ4v) is 10.5. The lowest BCUT2D eigenvalue weighted by Gasteiger charge is -2.34.